The van der Waals surface area contributed by atoms with Crippen LogP contribution >= 0.6 is 24.8 Å². The Hall–Kier alpha value is -0.790. The summed E-state index contributed by atoms with van der Waals surface area (Å²) in [4.78, 5) is 2.37. The third-order valence-corrected chi connectivity index (χ3v) is 4.77. The van der Waals surface area contributed by atoms with E-state index in [9.17, 15) is 9.50 Å². The predicted molar refractivity (Wildman–Crippen MR) is 97.7 cm³/mol. The Morgan fingerprint density at radius 3 is 2.46 bits per heavy atom. The van der Waals surface area contributed by atoms with E-state index in [-0.39, 0.29) is 42.3 Å². The Labute approximate surface area is 154 Å². The van der Waals surface area contributed by atoms with Crippen LogP contribution in [-0.4, -0.2) is 49.4 Å². The molecule has 0 amide bonds. The minimum atomic E-state index is -0.563. The lowest BCUT2D eigenvalue weighted by atomic mass is 9.85. The summed E-state index contributed by atoms with van der Waals surface area (Å²) in [7, 11) is 0. The van der Waals surface area contributed by atoms with E-state index in [0.717, 1.165) is 57.8 Å². The lowest BCUT2D eigenvalue weighted by Gasteiger charge is -2.41. The molecule has 5 nitrogen and oxygen atoms in total. The van der Waals surface area contributed by atoms with Crippen molar-refractivity contribution in [2.45, 2.75) is 18.9 Å². The van der Waals surface area contributed by atoms with Crippen LogP contribution in [0.1, 0.15) is 24.4 Å². The van der Waals surface area contributed by atoms with E-state index in [1.54, 1.807) is 6.07 Å². The van der Waals surface area contributed by atoms with E-state index >= 15 is 0 Å². The molecule has 3 rings (SSSR count). The van der Waals surface area contributed by atoms with E-state index in [4.69, 9.17) is 10.5 Å². The lowest BCUT2D eigenvalue weighted by molar-refractivity contribution is 0.0206. The first kappa shape index (κ1) is 21.3. The Kier molecular flexibility index (Phi) is 8.53. The van der Waals surface area contributed by atoms with Gasteiger partial charge in [-0.3, -0.25) is 4.90 Å². The molecule has 4 N–H and O–H groups in total. The molecule has 0 aromatic heterocycles. The Morgan fingerprint density at radius 2 is 1.83 bits per heavy atom. The van der Waals surface area contributed by atoms with Gasteiger partial charge in [0.2, 0.25) is 0 Å². The molecule has 2 heterocycles. The van der Waals surface area contributed by atoms with Crippen LogP contribution in [0.3, 0.4) is 0 Å². The third-order valence-electron chi connectivity index (χ3n) is 4.77. The van der Waals surface area contributed by atoms with Crippen LogP contribution in [0.4, 0.5) is 10.1 Å². The maximum Gasteiger partial charge on any atom is 0.149 e. The highest BCUT2D eigenvalue weighted by atomic mass is 35.5. The minimum Gasteiger partial charge on any atom is -0.505 e. The fourth-order valence-electron chi connectivity index (χ4n) is 3.58. The van der Waals surface area contributed by atoms with E-state index in [2.05, 4.69) is 10.2 Å². The fraction of sp³-hybridized carbons (Fsp3) is 0.625. The zero-order chi connectivity index (χ0) is 15.5. The van der Waals surface area contributed by atoms with Gasteiger partial charge in [-0.05, 0) is 24.8 Å². The summed E-state index contributed by atoms with van der Waals surface area (Å²) in [5.74, 6) is -0.273. The Balaban J connectivity index is 0.00000144. The average Bonchev–Trinajstić information content (AvgIpc) is 2.57. The van der Waals surface area contributed by atoms with E-state index < -0.39 is 5.82 Å². The molecule has 0 saturated carbocycles. The molecule has 2 saturated heterocycles. The number of phenols is 1. The second kappa shape index (κ2) is 9.63. The number of aromatic hydroxyl groups is 1. The highest BCUT2D eigenvalue weighted by Crippen LogP contribution is 2.41. The summed E-state index contributed by atoms with van der Waals surface area (Å²) in [5, 5.41) is 13.7. The number of halogens is 3. The molecule has 0 spiro atoms. The molecule has 0 radical (unpaired) electrons. The van der Waals surface area contributed by atoms with Gasteiger partial charge in [-0.1, -0.05) is 6.07 Å². The van der Waals surface area contributed by atoms with Crippen molar-refractivity contribution in [3.63, 3.8) is 0 Å². The highest BCUT2D eigenvalue weighted by molar-refractivity contribution is 5.85. The molecule has 1 aromatic rings. The first-order chi connectivity index (χ1) is 10.7. The zero-order valence-corrected chi connectivity index (χ0v) is 15.2. The summed E-state index contributed by atoms with van der Waals surface area (Å²) in [6.07, 6.45) is 1.90. The maximum atomic E-state index is 13.6. The van der Waals surface area contributed by atoms with Gasteiger partial charge in [-0.2, -0.15) is 0 Å². The molecular formula is C16H26Cl2FN3O2. The first-order valence-corrected chi connectivity index (χ1v) is 7.98. The van der Waals surface area contributed by atoms with Gasteiger partial charge in [-0.15, -0.1) is 24.8 Å². The van der Waals surface area contributed by atoms with Crippen LogP contribution in [-0.2, 0) is 4.74 Å². The fourth-order valence-corrected chi connectivity index (χ4v) is 3.58. The van der Waals surface area contributed by atoms with E-state index in [1.165, 1.54) is 6.07 Å². The number of hydrogen-bond acceptors (Lipinski definition) is 5. The summed E-state index contributed by atoms with van der Waals surface area (Å²) in [6, 6.07) is 3.11. The number of piperazine rings is 1. The highest BCUT2D eigenvalue weighted by Gasteiger charge is 2.33. The van der Waals surface area contributed by atoms with Crippen molar-refractivity contribution in [3.8, 4) is 5.75 Å². The van der Waals surface area contributed by atoms with E-state index in [1.807, 2.05) is 0 Å². The quantitative estimate of drug-likeness (QED) is 0.553. The van der Waals surface area contributed by atoms with Crippen molar-refractivity contribution in [2.24, 2.45) is 5.92 Å². The van der Waals surface area contributed by atoms with Crippen LogP contribution in [0.2, 0.25) is 0 Å². The van der Waals surface area contributed by atoms with Crippen LogP contribution in [0.15, 0.2) is 12.1 Å². The molecule has 8 heteroatoms. The molecule has 1 atom stereocenters. The summed E-state index contributed by atoms with van der Waals surface area (Å²) in [6.45, 7) is 5.17. The smallest absolute Gasteiger partial charge is 0.149 e. The third kappa shape index (κ3) is 4.43. The standard InChI is InChI=1S/C16H24FN3O2.2ClH/c17-13-2-1-12(16(21)14(13)18)15(11-3-9-22-10-4-11)20-7-5-19-6-8-20;;/h1-2,11,15,19,21H,3-10,18H2;2*1H/t15-;;/m1../s1. The molecule has 138 valence electrons. The van der Waals surface area contributed by atoms with E-state index in [0.29, 0.717) is 5.92 Å². The van der Waals surface area contributed by atoms with Crippen LogP contribution in [0, 0.1) is 11.7 Å². The molecule has 24 heavy (non-hydrogen) atoms. The van der Waals surface area contributed by atoms with Crippen LogP contribution < -0.4 is 11.1 Å². The lowest BCUT2D eigenvalue weighted by Crippen LogP contribution is -2.47. The van der Waals surface area contributed by atoms with Crippen LogP contribution in [0.25, 0.3) is 0 Å². The summed E-state index contributed by atoms with van der Waals surface area (Å²) >= 11 is 0. The number of phenolic OH excluding ortho intramolecular Hbond substituents is 1. The number of nitrogens with zero attached hydrogens (tertiary/aromatic N) is 1. The number of hydrogen-bond donors (Lipinski definition) is 3. The zero-order valence-electron chi connectivity index (χ0n) is 13.5. The SMILES string of the molecule is Cl.Cl.Nc1c(F)ccc([C@@H](C2CCOCC2)N2CCNCC2)c1O. The molecular weight excluding hydrogens is 356 g/mol. The van der Waals surface area contributed by atoms with Crippen molar-refractivity contribution in [3.05, 3.63) is 23.5 Å². The largest absolute Gasteiger partial charge is 0.505 e. The van der Waals surface area contributed by atoms with Crippen LogP contribution in [0.5, 0.6) is 5.75 Å². The normalized spacial score (nSPS) is 20.7. The number of ether oxygens (including phenoxy) is 1. The number of benzene rings is 1. The van der Waals surface area contributed by atoms with Crippen molar-refractivity contribution >= 4 is 30.5 Å². The van der Waals surface area contributed by atoms with Gasteiger partial charge in [0, 0.05) is 51.0 Å². The Morgan fingerprint density at radius 1 is 1.21 bits per heavy atom. The van der Waals surface area contributed by atoms with Gasteiger partial charge in [0.1, 0.15) is 17.3 Å². The van der Waals surface area contributed by atoms with Gasteiger partial charge in [0.25, 0.3) is 0 Å². The molecule has 0 aliphatic carbocycles. The van der Waals surface area contributed by atoms with Gasteiger partial charge < -0.3 is 20.9 Å². The van der Waals surface area contributed by atoms with Gasteiger partial charge in [-0.25, -0.2) is 4.39 Å². The van der Waals surface area contributed by atoms with Gasteiger partial charge in [0.05, 0.1) is 0 Å². The molecule has 2 aliphatic heterocycles. The molecule has 0 bridgehead atoms. The number of nitrogens with two attached hydrogens (primary N) is 1. The molecule has 2 fully saturated rings. The van der Waals surface area contributed by atoms with Crippen molar-refractivity contribution in [2.75, 3.05) is 45.1 Å². The Bertz CT molecular complexity index is 506. The number of anilines is 1. The van der Waals surface area contributed by atoms with Crippen molar-refractivity contribution < 1.29 is 14.2 Å². The predicted octanol–water partition coefficient (Wildman–Crippen LogP) is 2.33. The number of rotatable bonds is 3. The monoisotopic (exact) mass is 381 g/mol. The average molecular weight is 382 g/mol. The number of nitrogens with one attached hydrogen (secondary N) is 1. The second-order valence-corrected chi connectivity index (χ2v) is 6.08. The summed E-state index contributed by atoms with van der Waals surface area (Å²) < 4.78 is 19.0. The van der Waals surface area contributed by atoms with Gasteiger partial charge >= 0.3 is 0 Å². The first-order valence-electron chi connectivity index (χ1n) is 7.98. The van der Waals surface area contributed by atoms with Crippen molar-refractivity contribution in [1.82, 2.24) is 10.2 Å². The molecule has 2 aliphatic rings. The molecule has 1 aromatic carbocycles. The molecule has 0 unspecified atom stereocenters. The van der Waals surface area contributed by atoms with Crippen molar-refractivity contribution in [1.29, 1.82) is 0 Å². The maximum absolute atomic E-state index is 13.6. The topological polar surface area (TPSA) is 70.8 Å². The minimum absolute atomic E-state index is 0. The van der Waals surface area contributed by atoms with Gasteiger partial charge in [0.15, 0.2) is 0 Å². The summed E-state index contributed by atoms with van der Waals surface area (Å²) in [5.41, 5.74) is 6.29. The number of nitrogen functional groups attached to an aromatic ring is 1. The second-order valence-electron chi connectivity index (χ2n) is 6.08.